The molecule has 0 fully saturated rings. The Hall–Kier alpha value is -1.61. The van der Waals surface area contributed by atoms with E-state index in [0.717, 1.165) is 25.0 Å². The summed E-state index contributed by atoms with van der Waals surface area (Å²) in [4.78, 5) is 14.5. The number of carbonyl (C=O) groups excluding carboxylic acids is 1. The molecule has 2 heterocycles. The molecule has 3 nitrogen and oxygen atoms in total. The fourth-order valence-corrected chi connectivity index (χ4v) is 3.36. The second-order valence-electron chi connectivity index (χ2n) is 5.44. The molecule has 0 saturated heterocycles. The van der Waals surface area contributed by atoms with E-state index in [2.05, 4.69) is 37.0 Å². The number of nitrogens with one attached hydrogen (secondary N) is 1. The maximum Gasteiger partial charge on any atom is 0.201 e. The van der Waals surface area contributed by atoms with Gasteiger partial charge in [0.1, 0.15) is 5.60 Å². The number of aromatic amines is 1. The van der Waals surface area contributed by atoms with Crippen LogP contribution in [0.5, 0.6) is 0 Å². The van der Waals surface area contributed by atoms with Gasteiger partial charge in [-0.3, -0.25) is 4.79 Å². The van der Waals surface area contributed by atoms with E-state index in [-0.39, 0.29) is 0 Å². The Morgan fingerprint density at radius 1 is 1.40 bits per heavy atom. The van der Waals surface area contributed by atoms with Crippen molar-refractivity contribution in [3.8, 4) is 0 Å². The Kier molecular flexibility index (Phi) is 3.38. The highest BCUT2D eigenvalue weighted by atomic mass is 16.5. The molecule has 1 aromatic heterocycles. The van der Waals surface area contributed by atoms with Crippen LogP contribution in [0.25, 0.3) is 10.9 Å². The molecule has 20 heavy (non-hydrogen) atoms. The number of aryl methyl sites for hydroxylation is 1. The largest absolute Gasteiger partial charge is 0.368 e. The Labute approximate surface area is 119 Å². The number of hydrogen-bond donors (Lipinski definition) is 1. The minimum absolute atomic E-state index is 0.296. The van der Waals surface area contributed by atoms with Gasteiger partial charge in [-0.2, -0.15) is 0 Å². The molecule has 0 aliphatic carbocycles. The summed E-state index contributed by atoms with van der Waals surface area (Å²) < 4.78 is 5.99. The summed E-state index contributed by atoms with van der Waals surface area (Å²) in [5.41, 5.74) is 4.41. The third-order valence-corrected chi connectivity index (χ3v) is 4.52. The van der Waals surface area contributed by atoms with Crippen LogP contribution < -0.4 is 0 Å². The number of rotatable bonds is 4. The average Bonchev–Trinajstić information content (AvgIpc) is 2.87. The van der Waals surface area contributed by atoms with Crippen LogP contribution in [0.2, 0.25) is 0 Å². The summed E-state index contributed by atoms with van der Waals surface area (Å²) in [5, 5.41) is 1.28. The highest BCUT2D eigenvalue weighted by Crippen LogP contribution is 2.41. The first kappa shape index (κ1) is 13.4. The van der Waals surface area contributed by atoms with Crippen molar-refractivity contribution >= 4 is 17.2 Å². The standard InChI is InChI=1S/C17H20NO2/c1-3-12-6-5-7-13-14-8-11-20-17(4-2,9-10-19)16(14)18-15(12)13/h5-7,18H,3-4,8-9,11H2,1-2H3. The van der Waals surface area contributed by atoms with E-state index in [1.54, 1.807) is 0 Å². The molecule has 1 N–H and O–H groups in total. The van der Waals surface area contributed by atoms with Crippen LogP contribution in [-0.4, -0.2) is 17.9 Å². The summed E-state index contributed by atoms with van der Waals surface area (Å²) >= 11 is 0. The molecule has 1 atom stereocenters. The molecule has 1 aliphatic rings. The summed E-state index contributed by atoms with van der Waals surface area (Å²) in [7, 11) is 0. The normalized spacial score (nSPS) is 21.9. The van der Waals surface area contributed by atoms with Gasteiger partial charge >= 0.3 is 0 Å². The van der Waals surface area contributed by atoms with Crippen LogP contribution in [0.1, 0.15) is 43.5 Å². The molecular formula is C17H20NO2. The van der Waals surface area contributed by atoms with E-state index in [0.29, 0.717) is 13.0 Å². The van der Waals surface area contributed by atoms with E-state index >= 15 is 0 Å². The maximum absolute atomic E-state index is 11.0. The molecule has 105 valence electrons. The number of benzene rings is 1. The lowest BCUT2D eigenvalue weighted by molar-refractivity contribution is -0.0607. The van der Waals surface area contributed by atoms with Crippen LogP contribution >= 0.6 is 0 Å². The second-order valence-corrected chi connectivity index (χ2v) is 5.44. The van der Waals surface area contributed by atoms with E-state index in [1.165, 1.54) is 22.0 Å². The highest BCUT2D eigenvalue weighted by molar-refractivity contribution is 5.88. The summed E-state index contributed by atoms with van der Waals surface area (Å²) in [6, 6.07) is 6.44. The first-order chi connectivity index (χ1) is 9.75. The molecule has 1 aromatic carbocycles. The number of H-pyrrole nitrogens is 1. The summed E-state index contributed by atoms with van der Waals surface area (Å²) in [6.07, 6.45) is 5.03. The van der Waals surface area contributed by atoms with Crippen LogP contribution in [0.15, 0.2) is 18.2 Å². The Morgan fingerprint density at radius 2 is 2.25 bits per heavy atom. The number of hydrogen-bond acceptors (Lipinski definition) is 2. The minimum atomic E-state index is -0.515. The van der Waals surface area contributed by atoms with Crippen molar-refractivity contribution in [2.75, 3.05) is 6.61 Å². The van der Waals surface area contributed by atoms with Gasteiger partial charge in [-0.1, -0.05) is 32.0 Å². The van der Waals surface area contributed by atoms with Crippen LogP contribution in [0, 0.1) is 0 Å². The number of fused-ring (bicyclic) bond motifs is 3. The lowest BCUT2D eigenvalue weighted by Crippen LogP contribution is -2.35. The van der Waals surface area contributed by atoms with Gasteiger partial charge in [-0.25, -0.2) is 0 Å². The van der Waals surface area contributed by atoms with Gasteiger partial charge in [-0.05, 0) is 30.4 Å². The van der Waals surface area contributed by atoms with Gasteiger partial charge in [0.15, 0.2) is 0 Å². The van der Waals surface area contributed by atoms with Crippen molar-refractivity contribution in [1.29, 1.82) is 0 Å². The quantitative estimate of drug-likeness (QED) is 0.925. The first-order valence-electron chi connectivity index (χ1n) is 7.37. The zero-order valence-corrected chi connectivity index (χ0v) is 12.1. The zero-order valence-electron chi connectivity index (χ0n) is 12.1. The van der Waals surface area contributed by atoms with Crippen molar-refractivity contribution in [2.45, 2.75) is 45.1 Å². The number of para-hydroxylation sites is 1. The van der Waals surface area contributed by atoms with Crippen molar-refractivity contribution < 1.29 is 9.53 Å². The van der Waals surface area contributed by atoms with E-state index in [4.69, 9.17) is 4.74 Å². The first-order valence-corrected chi connectivity index (χ1v) is 7.37. The molecule has 3 rings (SSSR count). The fourth-order valence-electron chi connectivity index (χ4n) is 3.36. The molecule has 3 heteroatoms. The van der Waals surface area contributed by atoms with Crippen molar-refractivity contribution in [3.63, 3.8) is 0 Å². The SMILES string of the molecule is CCc1cccc2c3c([nH]c12)C(CC)(C[C]=O)OCC3. The number of aromatic nitrogens is 1. The summed E-state index contributed by atoms with van der Waals surface area (Å²) in [6.45, 7) is 4.90. The lowest BCUT2D eigenvalue weighted by Gasteiger charge is -2.35. The predicted molar refractivity (Wildman–Crippen MR) is 79.6 cm³/mol. The van der Waals surface area contributed by atoms with E-state index in [1.807, 2.05) is 6.29 Å². The third-order valence-electron chi connectivity index (χ3n) is 4.52. The fraction of sp³-hybridized carbons (Fsp3) is 0.471. The van der Waals surface area contributed by atoms with Gasteiger partial charge in [0.2, 0.25) is 6.29 Å². The van der Waals surface area contributed by atoms with Crippen molar-refractivity contribution in [3.05, 3.63) is 35.0 Å². The van der Waals surface area contributed by atoms with Crippen LogP contribution in [-0.2, 0) is 28.0 Å². The minimum Gasteiger partial charge on any atom is -0.368 e. The smallest absolute Gasteiger partial charge is 0.201 e. The molecule has 2 aromatic rings. The third kappa shape index (κ3) is 1.80. The van der Waals surface area contributed by atoms with Crippen molar-refractivity contribution in [2.24, 2.45) is 0 Å². The van der Waals surface area contributed by atoms with Gasteiger partial charge in [0.25, 0.3) is 0 Å². The predicted octanol–water partition coefficient (Wildman–Crippen LogP) is 3.41. The maximum atomic E-state index is 11.0. The molecule has 1 unspecified atom stereocenters. The van der Waals surface area contributed by atoms with Gasteiger partial charge < -0.3 is 9.72 Å². The lowest BCUT2D eigenvalue weighted by atomic mass is 9.86. The Balaban J connectivity index is 2.26. The van der Waals surface area contributed by atoms with E-state index < -0.39 is 5.60 Å². The molecule has 1 aliphatic heterocycles. The highest BCUT2D eigenvalue weighted by Gasteiger charge is 2.38. The molecular weight excluding hydrogens is 250 g/mol. The second kappa shape index (κ2) is 5.06. The Morgan fingerprint density at radius 3 is 2.95 bits per heavy atom. The average molecular weight is 270 g/mol. The van der Waals surface area contributed by atoms with Gasteiger partial charge in [-0.15, -0.1) is 0 Å². The van der Waals surface area contributed by atoms with E-state index in [9.17, 15) is 4.79 Å². The molecule has 1 radical (unpaired) electrons. The molecule has 0 bridgehead atoms. The van der Waals surface area contributed by atoms with Gasteiger partial charge in [0, 0.05) is 17.3 Å². The molecule has 0 spiro atoms. The monoisotopic (exact) mass is 270 g/mol. The topological polar surface area (TPSA) is 42.1 Å². The summed E-state index contributed by atoms with van der Waals surface area (Å²) in [5.74, 6) is 0. The molecule has 0 amide bonds. The van der Waals surface area contributed by atoms with Crippen LogP contribution in [0.3, 0.4) is 0 Å². The van der Waals surface area contributed by atoms with Crippen LogP contribution in [0.4, 0.5) is 0 Å². The van der Waals surface area contributed by atoms with Gasteiger partial charge in [0.05, 0.1) is 12.3 Å². The van der Waals surface area contributed by atoms with Crippen molar-refractivity contribution in [1.82, 2.24) is 4.98 Å². The Bertz CT molecular complexity index is 644. The molecule has 0 saturated carbocycles. The number of ether oxygens (including phenoxy) is 1. The zero-order chi connectivity index (χ0) is 14.2.